The summed E-state index contributed by atoms with van der Waals surface area (Å²) in [6.45, 7) is 1.57. The summed E-state index contributed by atoms with van der Waals surface area (Å²) in [5.41, 5.74) is 2.57. The fraction of sp³-hybridized carbons (Fsp3) is 0.150. The summed E-state index contributed by atoms with van der Waals surface area (Å²) in [6, 6.07) is 14.3. The van der Waals surface area contributed by atoms with Gasteiger partial charge in [-0.25, -0.2) is 9.69 Å². The molecule has 0 unspecified atom stereocenters. The fourth-order valence-corrected chi connectivity index (χ4v) is 3.06. The lowest BCUT2D eigenvalue weighted by atomic mass is 10.2. The molecule has 138 valence electrons. The number of amides is 4. The smallest absolute Gasteiger partial charge is 0.325 e. The predicted octanol–water partition coefficient (Wildman–Crippen LogP) is 3.25. The van der Waals surface area contributed by atoms with Crippen molar-refractivity contribution in [3.63, 3.8) is 0 Å². The molecule has 2 aromatic rings. The van der Waals surface area contributed by atoms with E-state index in [4.69, 9.17) is 0 Å². The van der Waals surface area contributed by atoms with Gasteiger partial charge in [-0.15, -0.1) is 11.8 Å². The number of urea groups is 1. The number of aryl methyl sites for hydroxylation is 1. The van der Waals surface area contributed by atoms with Crippen LogP contribution in [0.3, 0.4) is 0 Å². The SMILES string of the molecule is CSc1ccc(/C=C2/NC(=O)N(CC(=O)Nc3cccc(C)c3)C2=O)cc1. The van der Waals surface area contributed by atoms with Crippen LogP contribution in [0.1, 0.15) is 11.1 Å². The summed E-state index contributed by atoms with van der Waals surface area (Å²) in [7, 11) is 0. The van der Waals surface area contributed by atoms with E-state index in [-0.39, 0.29) is 12.2 Å². The largest absolute Gasteiger partial charge is 0.329 e. The van der Waals surface area contributed by atoms with Gasteiger partial charge in [-0.2, -0.15) is 0 Å². The molecule has 1 aliphatic rings. The Morgan fingerprint density at radius 3 is 2.59 bits per heavy atom. The van der Waals surface area contributed by atoms with Crippen LogP contribution in [0.2, 0.25) is 0 Å². The van der Waals surface area contributed by atoms with Crippen LogP contribution in [0.15, 0.2) is 59.1 Å². The minimum absolute atomic E-state index is 0.153. The van der Waals surface area contributed by atoms with Crippen LogP contribution in [-0.2, 0) is 9.59 Å². The third kappa shape index (κ3) is 4.57. The second kappa shape index (κ2) is 8.09. The first-order chi connectivity index (χ1) is 13.0. The first-order valence-corrected chi connectivity index (χ1v) is 9.54. The number of carbonyl (C=O) groups is 3. The summed E-state index contributed by atoms with van der Waals surface area (Å²) >= 11 is 1.62. The highest BCUT2D eigenvalue weighted by Gasteiger charge is 2.34. The zero-order valence-electron chi connectivity index (χ0n) is 15.0. The van der Waals surface area contributed by atoms with E-state index in [1.54, 1.807) is 23.9 Å². The molecule has 1 fully saturated rings. The second-order valence-electron chi connectivity index (χ2n) is 6.07. The Hall–Kier alpha value is -3.06. The van der Waals surface area contributed by atoms with E-state index in [1.165, 1.54) is 0 Å². The third-order valence-corrected chi connectivity index (χ3v) is 4.74. The van der Waals surface area contributed by atoms with Crippen LogP contribution >= 0.6 is 11.8 Å². The van der Waals surface area contributed by atoms with Gasteiger partial charge in [0.1, 0.15) is 12.2 Å². The zero-order chi connectivity index (χ0) is 19.4. The minimum Gasteiger partial charge on any atom is -0.325 e. The van der Waals surface area contributed by atoms with Gasteiger partial charge in [0, 0.05) is 10.6 Å². The number of rotatable bonds is 5. The highest BCUT2D eigenvalue weighted by molar-refractivity contribution is 7.98. The summed E-state index contributed by atoms with van der Waals surface area (Å²) < 4.78 is 0. The predicted molar refractivity (Wildman–Crippen MR) is 106 cm³/mol. The maximum atomic E-state index is 12.5. The standard InChI is InChI=1S/C20H19N3O3S/c1-13-4-3-5-15(10-13)21-18(24)12-23-19(25)17(22-20(23)26)11-14-6-8-16(27-2)9-7-14/h3-11H,12H2,1-2H3,(H,21,24)(H,22,26)/b17-11+. The third-order valence-electron chi connectivity index (χ3n) is 3.99. The van der Waals surface area contributed by atoms with Crippen molar-refractivity contribution in [3.8, 4) is 0 Å². The van der Waals surface area contributed by atoms with E-state index in [2.05, 4.69) is 10.6 Å². The van der Waals surface area contributed by atoms with E-state index < -0.39 is 17.8 Å². The summed E-state index contributed by atoms with van der Waals surface area (Å²) in [4.78, 5) is 38.8. The molecule has 27 heavy (non-hydrogen) atoms. The Morgan fingerprint density at radius 1 is 1.19 bits per heavy atom. The number of nitrogens with zero attached hydrogens (tertiary/aromatic N) is 1. The molecular weight excluding hydrogens is 362 g/mol. The van der Waals surface area contributed by atoms with Crippen molar-refractivity contribution in [1.29, 1.82) is 0 Å². The molecule has 2 aromatic carbocycles. The number of anilines is 1. The molecule has 0 saturated carbocycles. The molecule has 2 N–H and O–H groups in total. The van der Waals surface area contributed by atoms with E-state index >= 15 is 0 Å². The molecule has 1 aliphatic heterocycles. The van der Waals surface area contributed by atoms with E-state index in [1.807, 2.05) is 55.6 Å². The van der Waals surface area contributed by atoms with Gasteiger partial charge in [0.05, 0.1) is 0 Å². The molecule has 6 nitrogen and oxygen atoms in total. The number of hydrogen-bond acceptors (Lipinski definition) is 4. The van der Waals surface area contributed by atoms with Crippen molar-refractivity contribution in [2.24, 2.45) is 0 Å². The topological polar surface area (TPSA) is 78.5 Å². The number of thioether (sulfide) groups is 1. The van der Waals surface area contributed by atoms with Crippen LogP contribution < -0.4 is 10.6 Å². The Bertz CT molecular complexity index is 922. The van der Waals surface area contributed by atoms with Crippen LogP contribution in [-0.4, -0.2) is 35.5 Å². The van der Waals surface area contributed by atoms with Crippen LogP contribution in [0.25, 0.3) is 6.08 Å². The van der Waals surface area contributed by atoms with Crippen molar-refractivity contribution in [2.75, 3.05) is 18.1 Å². The van der Waals surface area contributed by atoms with Gasteiger partial charge in [-0.05, 0) is 54.6 Å². The molecule has 0 aliphatic carbocycles. The lowest BCUT2D eigenvalue weighted by Crippen LogP contribution is -2.38. The van der Waals surface area contributed by atoms with Crippen molar-refractivity contribution in [3.05, 3.63) is 65.4 Å². The maximum Gasteiger partial charge on any atom is 0.329 e. The molecule has 1 heterocycles. The van der Waals surface area contributed by atoms with E-state index in [0.29, 0.717) is 5.69 Å². The monoisotopic (exact) mass is 381 g/mol. The first kappa shape index (κ1) is 18.7. The van der Waals surface area contributed by atoms with Crippen molar-refractivity contribution in [2.45, 2.75) is 11.8 Å². The number of carbonyl (C=O) groups excluding carboxylic acids is 3. The Balaban J connectivity index is 1.68. The van der Waals surface area contributed by atoms with Crippen molar-refractivity contribution >= 4 is 41.4 Å². The molecule has 1 saturated heterocycles. The number of nitrogens with one attached hydrogen (secondary N) is 2. The van der Waals surface area contributed by atoms with Crippen LogP contribution in [0.5, 0.6) is 0 Å². The summed E-state index contributed by atoms with van der Waals surface area (Å²) in [6.07, 6.45) is 3.58. The molecule has 0 aromatic heterocycles. The highest BCUT2D eigenvalue weighted by atomic mass is 32.2. The van der Waals surface area contributed by atoms with E-state index in [9.17, 15) is 14.4 Å². The van der Waals surface area contributed by atoms with Crippen LogP contribution in [0.4, 0.5) is 10.5 Å². The molecule has 0 radical (unpaired) electrons. The lowest BCUT2D eigenvalue weighted by molar-refractivity contribution is -0.127. The fourth-order valence-electron chi connectivity index (χ4n) is 2.65. The average Bonchev–Trinajstić information content (AvgIpc) is 2.90. The van der Waals surface area contributed by atoms with Gasteiger partial charge in [0.2, 0.25) is 5.91 Å². The average molecular weight is 381 g/mol. The summed E-state index contributed by atoms with van der Waals surface area (Å²) in [5, 5.41) is 5.22. The molecule has 0 bridgehead atoms. The van der Waals surface area contributed by atoms with Gasteiger partial charge < -0.3 is 10.6 Å². The van der Waals surface area contributed by atoms with Gasteiger partial charge in [0.25, 0.3) is 5.91 Å². The van der Waals surface area contributed by atoms with Gasteiger partial charge >= 0.3 is 6.03 Å². The first-order valence-electron chi connectivity index (χ1n) is 8.31. The van der Waals surface area contributed by atoms with Crippen LogP contribution in [0, 0.1) is 6.92 Å². The normalized spacial score (nSPS) is 15.2. The minimum atomic E-state index is -0.605. The number of benzene rings is 2. The van der Waals surface area contributed by atoms with Gasteiger partial charge in [-0.1, -0.05) is 24.3 Å². The Kier molecular flexibility index (Phi) is 5.61. The maximum absolute atomic E-state index is 12.5. The second-order valence-corrected chi connectivity index (χ2v) is 6.95. The van der Waals surface area contributed by atoms with Gasteiger partial charge in [-0.3, -0.25) is 9.59 Å². The van der Waals surface area contributed by atoms with Gasteiger partial charge in [0.15, 0.2) is 0 Å². The Morgan fingerprint density at radius 2 is 1.93 bits per heavy atom. The number of imide groups is 1. The number of hydrogen-bond donors (Lipinski definition) is 2. The highest BCUT2D eigenvalue weighted by Crippen LogP contribution is 2.18. The molecule has 0 atom stereocenters. The Labute approximate surface area is 161 Å². The molecule has 7 heteroatoms. The molecule has 0 spiro atoms. The lowest BCUT2D eigenvalue weighted by Gasteiger charge is -2.12. The van der Waals surface area contributed by atoms with E-state index in [0.717, 1.165) is 20.9 Å². The molecule has 4 amide bonds. The van der Waals surface area contributed by atoms with Crippen molar-refractivity contribution < 1.29 is 14.4 Å². The molecular formula is C20H19N3O3S. The quantitative estimate of drug-likeness (QED) is 0.473. The summed E-state index contributed by atoms with van der Waals surface area (Å²) in [5.74, 6) is -0.956. The zero-order valence-corrected chi connectivity index (χ0v) is 15.8. The molecule has 3 rings (SSSR count). The van der Waals surface area contributed by atoms with Crippen molar-refractivity contribution in [1.82, 2.24) is 10.2 Å².